The van der Waals surface area contributed by atoms with Crippen molar-refractivity contribution in [2.45, 2.75) is 47.0 Å². The summed E-state index contributed by atoms with van der Waals surface area (Å²) in [7, 11) is 2.09. The van der Waals surface area contributed by atoms with Gasteiger partial charge in [0.1, 0.15) is 0 Å². The SMILES string of the molecule is Cc1cc(C)nc(-n2nc(C)c(CC(=O)N3CCC(C(=O)N4CCN(C)CC4)CC3)c2C)n1. The molecule has 2 amide bonds. The molecule has 0 N–H and O–H groups in total. The van der Waals surface area contributed by atoms with Crippen LogP contribution in [0.2, 0.25) is 0 Å². The molecule has 33 heavy (non-hydrogen) atoms. The van der Waals surface area contributed by atoms with Crippen LogP contribution in [-0.4, -0.2) is 92.6 Å². The molecular weight excluding hydrogens is 418 g/mol. The van der Waals surface area contributed by atoms with E-state index in [1.54, 1.807) is 4.68 Å². The lowest BCUT2D eigenvalue weighted by molar-refractivity contribution is -0.141. The van der Waals surface area contributed by atoms with Crippen LogP contribution >= 0.6 is 0 Å². The molecule has 2 fully saturated rings. The summed E-state index contributed by atoms with van der Waals surface area (Å²) < 4.78 is 1.74. The second kappa shape index (κ2) is 9.59. The fourth-order valence-corrected chi connectivity index (χ4v) is 4.85. The molecule has 9 nitrogen and oxygen atoms in total. The quantitative estimate of drug-likeness (QED) is 0.696. The molecule has 2 aliphatic heterocycles. The minimum absolute atomic E-state index is 0.0328. The van der Waals surface area contributed by atoms with E-state index in [4.69, 9.17) is 0 Å². The van der Waals surface area contributed by atoms with Crippen LogP contribution in [-0.2, 0) is 16.0 Å². The number of carbonyl (C=O) groups is 2. The zero-order valence-corrected chi connectivity index (χ0v) is 20.5. The zero-order chi connectivity index (χ0) is 23.7. The van der Waals surface area contributed by atoms with E-state index in [0.29, 0.717) is 25.5 Å². The molecule has 2 saturated heterocycles. The number of hydrogen-bond donors (Lipinski definition) is 0. The van der Waals surface area contributed by atoms with Crippen molar-refractivity contribution in [3.8, 4) is 5.95 Å². The highest BCUT2D eigenvalue weighted by Crippen LogP contribution is 2.23. The number of likely N-dealkylation sites (tertiary alicyclic amines) is 1. The van der Waals surface area contributed by atoms with Crippen molar-refractivity contribution in [3.05, 3.63) is 34.4 Å². The van der Waals surface area contributed by atoms with Gasteiger partial charge in [0.05, 0.1) is 12.1 Å². The van der Waals surface area contributed by atoms with Crippen LogP contribution in [0.1, 0.15) is 41.2 Å². The van der Waals surface area contributed by atoms with Crippen molar-refractivity contribution in [1.82, 2.24) is 34.4 Å². The molecule has 0 radical (unpaired) electrons. The molecule has 0 spiro atoms. The lowest BCUT2D eigenvalue weighted by Crippen LogP contribution is -2.51. The molecule has 4 heterocycles. The summed E-state index contributed by atoms with van der Waals surface area (Å²) in [6, 6.07) is 1.93. The predicted molar refractivity (Wildman–Crippen MR) is 125 cm³/mol. The number of aryl methyl sites for hydroxylation is 3. The molecule has 0 atom stereocenters. The molecule has 9 heteroatoms. The predicted octanol–water partition coefficient (Wildman–Crippen LogP) is 1.45. The largest absolute Gasteiger partial charge is 0.342 e. The van der Waals surface area contributed by atoms with Crippen molar-refractivity contribution in [1.29, 1.82) is 0 Å². The highest BCUT2D eigenvalue weighted by molar-refractivity contribution is 5.81. The number of piperidine rings is 1. The third kappa shape index (κ3) is 5.08. The monoisotopic (exact) mass is 453 g/mol. The molecule has 2 aliphatic rings. The lowest BCUT2D eigenvalue weighted by Gasteiger charge is -2.37. The van der Waals surface area contributed by atoms with Crippen LogP contribution < -0.4 is 0 Å². The lowest BCUT2D eigenvalue weighted by atomic mass is 9.94. The first-order valence-electron chi connectivity index (χ1n) is 11.9. The third-order valence-electron chi connectivity index (χ3n) is 6.94. The van der Waals surface area contributed by atoms with Crippen molar-refractivity contribution in [2.24, 2.45) is 5.92 Å². The van der Waals surface area contributed by atoms with Gasteiger partial charge < -0.3 is 14.7 Å². The summed E-state index contributed by atoms with van der Waals surface area (Å²) in [6.07, 6.45) is 1.79. The fraction of sp³-hybridized carbons (Fsp3) is 0.625. The first kappa shape index (κ1) is 23.4. The van der Waals surface area contributed by atoms with Crippen LogP contribution in [0.5, 0.6) is 0 Å². The molecule has 4 rings (SSSR count). The molecule has 0 bridgehead atoms. The minimum atomic E-state index is 0.0328. The van der Waals surface area contributed by atoms with Gasteiger partial charge in [0.25, 0.3) is 5.95 Å². The standard InChI is InChI=1S/C24H35N7O2/c1-16-14-17(2)26-24(25-16)31-19(4)21(18(3)27-31)15-22(32)29-8-6-20(7-9-29)23(33)30-12-10-28(5)11-13-30/h14,20H,6-13,15H2,1-5H3. The number of nitrogens with zero attached hydrogens (tertiary/aromatic N) is 7. The van der Waals surface area contributed by atoms with E-state index in [1.807, 2.05) is 43.6 Å². The first-order chi connectivity index (χ1) is 15.7. The van der Waals surface area contributed by atoms with Gasteiger partial charge in [0, 0.05) is 67.8 Å². The molecule has 2 aromatic heterocycles. The van der Waals surface area contributed by atoms with Crippen molar-refractivity contribution < 1.29 is 9.59 Å². The Bertz CT molecular complexity index is 1010. The van der Waals surface area contributed by atoms with Gasteiger partial charge in [0.2, 0.25) is 11.8 Å². The van der Waals surface area contributed by atoms with E-state index in [9.17, 15) is 9.59 Å². The fourth-order valence-electron chi connectivity index (χ4n) is 4.85. The smallest absolute Gasteiger partial charge is 0.251 e. The number of aromatic nitrogens is 4. The van der Waals surface area contributed by atoms with E-state index in [-0.39, 0.29) is 17.7 Å². The summed E-state index contributed by atoms with van der Waals surface area (Å²) in [5.74, 6) is 0.921. The Morgan fingerprint density at radius 3 is 2.12 bits per heavy atom. The van der Waals surface area contributed by atoms with Crippen molar-refractivity contribution in [3.63, 3.8) is 0 Å². The van der Waals surface area contributed by atoms with Crippen LogP contribution in [0.3, 0.4) is 0 Å². The molecule has 178 valence electrons. The summed E-state index contributed by atoms with van der Waals surface area (Å²) >= 11 is 0. The van der Waals surface area contributed by atoms with Gasteiger partial charge >= 0.3 is 0 Å². The van der Waals surface area contributed by atoms with Gasteiger partial charge in [-0.25, -0.2) is 14.6 Å². The number of piperazine rings is 1. The highest BCUT2D eigenvalue weighted by Gasteiger charge is 2.31. The molecule has 0 saturated carbocycles. The van der Waals surface area contributed by atoms with Gasteiger partial charge in [-0.1, -0.05) is 0 Å². The summed E-state index contributed by atoms with van der Waals surface area (Å²) in [5, 5.41) is 4.62. The molecule has 0 aliphatic carbocycles. The number of hydrogen-bond acceptors (Lipinski definition) is 6. The summed E-state index contributed by atoms with van der Waals surface area (Å²) in [5.41, 5.74) is 4.42. The van der Waals surface area contributed by atoms with Gasteiger partial charge in [-0.3, -0.25) is 9.59 Å². The first-order valence-corrected chi connectivity index (χ1v) is 11.9. The van der Waals surface area contributed by atoms with E-state index >= 15 is 0 Å². The van der Waals surface area contributed by atoms with Crippen LogP contribution in [0, 0.1) is 33.6 Å². The van der Waals surface area contributed by atoms with Crippen molar-refractivity contribution in [2.75, 3.05) is 46.3 Å². The van der Waals surface area contributed by atoms with E-state index in [0.717, 1.165) is 67.4 Å². The van der Waals surface area contributed by atoms with E-state index in [2.05, 4.69) is 27.0 Å². The average Bonchev–Trinajstić information content (AvgIpc) is 3.07. The van der Waals surface area contributed by atoms with Gasteiger partial charge in [-0.2, -0.15) is 5.10 Å². The molecule has 0 aromatic carbocycles. The Kier molecular flexibility index (Phi) is 6.78. The Hall–Kier alpha value is -2.81. The molecule has 2 aromatic rings. The topological polar surface area (TPSA) is 87.5 Å². The summed E-state index contributed by atoms with van der Waals surface area (Å²) in [4.78, 5) is 41.2. The van der Waals surface area contributed by atoms with Crippen LogP contribution in [0.4, 0.5) is 0 Å². The summed E-state index contributed by atoms with van der Waals surface area (Å²) in [6.45, 7) is 12.5. The Labute approximate surface area is 195 Å². The number of carbonyl (C=O) groups excluding carboxylic acids is 2. The normalized spacial score (nSPS) is 18.1. The van der Waals surface area contributed by atoms with Crippen LogP contribution in [0.15, 0.2) is 6.07 Å². The van der Waals surface area contributed by atoms with Gasteiger partial charge in [0.15, 0.2) is 0 Å². The zero-order valence-electron chi connectivity index (χ0n) is 20.5. The maximum atomic E-state index is 13.1. The number of amides is 2. The Morgan fingerprint density at radius 2 is 1.52 bits per heavy atom. The second-order valence-electron chi connectivity index (χ2n) is 9.47. The van der Waals surface area contributed by atoms with E-state index < -0.39 is 0 Å². The molecular formula is C24H35N7O2. The maximum absolute atomic E-state index is 13.1. The number of rotatable bonds is 4. The molecule has 0 unspecified atom stereocenters. The average molecular weight is 454 g/mol. The van der Waals surface area contributed by atoms with Gasteiger partial charge in [-0.05, 0) is 53.7 Å². The third-order valence-corrected chi connectivity index (χ3v) is 6.94. The van der Waals surface area contributed by atoms with Gasteiger partial charge in [-0.15, -0.1) is 0 Å². The minimum Gasteiger partial charge on any atom is -0.342 e. The van der Waals surface area contributed by atoms with Crippen LogP contribution in [0.25, 0.3) is 5.95 Å². The maximum Gasteiger partial charge on any atom is 0.251 e. The Balaban J connectivity index is 1.37. The second-order valence-corrected chi connectivity index (χ2v) is 9.47. The van der Waals surface area contributed by atoms with E-state index in [1.165, 1.54) is 0 Å². The number of likely N-dealkylation sites (N-methyl/N-ethyl adjacent to an activating group) is 1. The Morgan fingerprint density at radius 1 is 0.909 bits per heavy atom. The van der Waals surface area contributed by atoms with Crippen molar-refractivity contribution >= 4 is 11.8 Å². The highest BCUT2D eigenvalue weighted by atomic mass is 16.2.